The lowest BCUT2D eigenvalue weighted by molar-refractivity contribution is -0.172. The highest BCUT2D eigenvalue weighted by atomic mass is 19.1. The number of benzene rings is 1. The molecule has 1 fully saturated rings. The fraction of sp³-hybridized carbons (Fsp3) is 0.448. The van der Waals surface area contributed by atoms with Crippen molar-refractivity contribution in [2.75, 3.05) is 6.54 Å². The van der Waals surface area contributed by atoms with Crippen LogP contribution in [0.15, 0.2) is 16.9 Å². The second kappa shape index (κ2) is 7.73. The van der Waals surface area contributed by atoms with Crippen molar-refractivity contribution in [3.05, 3.63) is 61.7 Å². The van der Waals surface area contributed by atoms with Crippen LogP contribution in [-0.4, -0.2) is 49.2 Å². The van der Waals surface area contributed by atoms with Gasteiger partial charge in [-0.2, -0.15) is 0 Å². The Bertz CT molecular complexity index is 1730. The second-order valence-electron chi connectivity index (χ2n) is 11.4. The van der Waals surface area contributed by atoms with E-state index >= 15 is 4.39 Å². The summed E-state index contributed by atoms with van der Waals surface area (Å²) in [5, 5.41) is 22.3. The van der Waals surface area contributed by atoms with Crippen LogP contribution in [0, 0.1) is 12.7 Å². The number of β-amino-alcohol motifs (C(OH)–C–C–N with tert-alkyl or cyclic N) is 1. The van der Waals surface area contributed by atoms with Gasteiger partial charge < -0.3 is 24.4 Å². The molecule has 3 aliphatic heterocycles. The van der Waals surface area contributed by atoms with Crippen molar-refractivity contribution < 1.29 is 28.9 Å². The van der Waals surface area contributed by atoms with Gasteiger partial charge in [-0.3, -0.25) is 9.59 Å². The number of pyridine rings is 2. The molecule has 202 valence electrons. The summed E-state index contributed by atoms with van der Waals surface area (Å²) >= 11 is 0. The molecule has 2 N–H and O–H groups in total. The van der Waals surface area contributed by atoms with E-state index in [4.69, 9.17) is 9.72 Å². The van der Waals surface area contributed by atoms with Gasteiger partial charge in [0.25, 0.3) is 5.56 Å². The van der Waals surface area contributed by atoms with Gasteiger partial charge in [-0.1, -0.05) is 6.92 Å². The third-order valence-electron chi connectivity index (χ3n) is 9.40. The summed E-state index contributed by atoms with van der Waals surface area (Å²) < 4.78 is 21.8. The van der Waals surface area contributed by atoms with Crippen molar-refractivity contribution in [1.29, 1.82) is 0 Å². The minimum Gasteiger partial charge on any atom is -0.458 e. The zero-order valence-corrected chi connectivity index (χ0v) is 21.9. The Balaban J connectivity index is 1.56. The number of halogens is 1. The summed E-state index contributed by atoms with van der Waals surface area (Å²) in [4.78, 5) is 46.0. The average Bonchev–Trinajstić information content (AvgIpc) is 3.45. The number of carbonyl (C=O) groups is 2. The van der Waals surface area contributed by atoms with Gasteiger partial charge in [0.1, 0.15) is 12.4 Å². The Morgan fingerprint density at radius 1 is 1.21 bits per heavy atom. The molecular weight excluding hydrogens is 505 g/mol. The molecule has 3 aromatic rings. The normalized spacial score (nSPS) is 27.0. The molecule has 1 amide bonds. The summed E-state index contributed by atoms with van der Waals surface area (Å²) in [6.45, 7) is 5.48. The first-order valence-corrected chi connectivity index (χ1v) is 13.3. The van der Waals surface area contributed by atoms with Crippen LogP contribution in [-0.2, 0) is 45.0 Å². The molecule has 4 aliphatic rings. The van der Waals surface area contributed by atoms with Crippen LogP contribution < -0.4 is 5.56 Å². The molecule has 0 spiro atoms. The van der Waals surface area contributed by atoms with Crippen LogP contribution in [0.3, 0.4) is 0 Å². The molecule has 1 saturated heterocycles. The van der Waals surface area contributed by atoms with Crippen molar-refractivity contribution in [2.24, 2.45) is 0 Å². The van der Waals surface area contributed by atoms with Gasteiger partial charge in [0.05, 0.1) is 47.1 Å². The molecule has 0 bridgehead atoms. The number of aliphatic hydroxyl groups excluding tert-OH is 1. The Hall–Kier alpha value is -3.63. The first-order valence-electron chi connectivity index (χ1n) is 13.3. The number of amides is 1. The Morgan fingerprint density at radius 2 is 1.97 bits per heavy atom. The van der Waals surface area contributed by atoms with Gasteiger partial charge in [-0.15, -0.1) is 0 Å². The number of rotatable bonds is 2. The number of aryl methyl sites for hydroxylation is 1. The van der Waals surface area contributed by atoms with E-state index in [-0.39, 0.29) is 60.9 Å². The molecular formula is C29H28FN3O6. The third kappa shape index (κ3) is 2.96. The van der Waals surface area contributed by atoms with E-state index in [1.54, 1.807) is 29.4 Å². The highest BCUT2D eigenvalue weighted by molar-refractivity contribution is 5.94. The maximum atomic E-state index is 15.1. The Kier molecular flexibility index (Phi) is 4.84. The third-order valence-corrected chi connectivity index (χ3v) is 9.40. The van der Waals surface area contributed by atoms with Gasteiger partial charge >= 0.3 is 5.97 Å². The van der Waals surface area contributed by atoms with Crippen molar-refractivity contribution in [3.63, 3.8) is 0 Å². The second-order valence-corrected chi connectivity index (χ2v) is 11.4. The standard InChI is InChI=1S/C29H28FN3O6/c1-4-29(38)18-8-21-25-16(11-32(21)26(36)17(18)12-39-27(29)37)24-23-15(13(2)19(30)9-20(23)31-25)5-6-28(24,3)33-10-14(34)7-22(33)35/h8-9,14,34,38H,4-7,10-12H2,1-3H3/t14?,28?,29-/m0/s1. The lowest BCUT2D eigenvalue weighted by Crippen LogP contribution is -2.47. The number of fused-ring (bicyclic) bond motifs is 5. The van der Waals surface area contributed by atoms with Gasteiger partial charge in [-0.25, -0.2) is 14.2 Å². The summed E-state index contributed by atoms with van der Waals surface area (Å²) in [5.41, 5.74) is 1.51. The maximum Gasteiger partial charge on any atom is 0.343 e. The molecule has 1 aromatic carbocycles. The van der Waals surface area contributed by atoms with Crippen molar-refractivity contribution in [3.8, 4) is 11.4 Å². The van der Waals surface area contributed by atoms with Crippen molar-refractivity contribution in [2.45, 2.75) is 76.9 Å². The van der Waals surface area contributed by atoms with E-state index in [0.29, 0.717) is 35.3 Å². The number of likely N-dealkylation sites (tertiary alicyclic amines) is 1. The molecule has 7 rings (SSSR count). The van der Waals surface area contributed by atoms with Gasteiger partial charge in [-0.05, 0) is 55.9 Å². The summed E-state index contributed by atoms with van der Waals surface area (Å²) in [6.07, 6.45) is 0.349. The average molecular weight is 534 g/mol. The molecule has 1 aliphatic carbocycles. The first-order chi connectivity index (χ1) is 18.5. The smallest absolute Gasteiger partial charge is 0.343 e. The topological polar surface area (TPSA) is 122 Å². The highest BCUT2D eigenvalue weighted by Crippen LogP contribution is 2.50. The van der Waals surface area contributed by atoms with Crippen LogP contribution in [0.5, 0.6) is 0 Å². The van der Waals surface area contributed by atoms with Gasteiger partial charge in [0.2, 0.25) is 5.91 Å². The molecule has 2 aromatic heterocycles. The van der Waals surface area contributed by atoms with Crippen molar-refractivity contribution >= 4 is 22.8 Å². The Labute approximate surface area is 222 Å². The number of esters is 1. The number of ether oxygens (including phenoxy) is 1. The minimum atomic E-state index is -1.96. The predicted molar refractivity (Wildman–Crippen MR) is 137 cm³/mol. The number of cyclic esters (lactones) is 1. The van der Waals surface area contributed by atoms with E-state index in [1.807, 2.05) is 6.92 Å². The Morgan fingerprint density at radius 3 is 2.67 bits per heavy atom. The fourth-order valence-electron chi connectivity index (χ4n) is 7.22. The van der Waals surface area contributed by atoms with E-state index in [1.165, 1.54) is 6.07 Å². The van der Waals surface area contributed by atoms with Gasteiger partial charge in [0, 0.05) is 29.1 Å². The predicted octanol–water partition coefficient (Wildman–Crippen LogP) is 2.28. The lowest BCUT2D eigenvalue weighted by atomic mass is 9.73. The summed E-state index contributed by atoms with van der Waals surface area (Å²) in [6, 6.07) is 3.03. The molecule has 0 radical (unpaired) electrons. The van der Waals surface area contributed by atoms with Crippen LogP contribution in [0.2, 0.25) is 0 Å². The first kappa shape index (κ1) is 24.4. The van der Waals surface area contributed by atoms with Crippen molar-refractivity contribution in [1.82, 2.24) is 14.5 Å². The minimum absolute atomic E-state index is 0.0241. The van der Waals surface area contributed by atoms with Crippen LogP contribution in [0.25, 0.3) is 22.3 Å². The number of carbonyl (C=O) groups excluding carboxylic acids is 2. The van der Waals surface area contributed by atoms with Crippen LogP contribution in [0.4, 0.5) is 4.39 Å². The fourth-order valence-corrected chi connectivity index (χ4v) is 7.22. The van der Waals surface area contributed by atoms with Gasteiger partial charge in [0.15, 0.2) is 5.60 Å². The van der Waals surface area contributed by atoms with Crippen LogP contribution in [0.1, 0.15) is 66.5 Å². The molecule has 0 saturated carbocycles. The quantitative estimate of drug-likeness (QED) is 0.379. The zero-order valence-electron chi connectivity index (χ0n) is 21.9. The lowest BCUT2D eigenvalue weighted by Gasteiger charge is -2.44. The summed E-state index contributed by atoms with van der Waals surface area (Å²) in [7, 11) is 0. The molecule has 2 unspecified atom stereocenters. The summed E-state index contributed by atoms with van der Waals surface area (Å²) in [5.74, 6) is -1.34. The monoisotopic (exact) mass is 533 g/mol. The van der Waals surface area contributed by atoms with E-state index in [0.717, 1.165) is 22.1 Å². The molecule has 10 heteroatoms. The number of aromatic nitrogens is 2. The number of hydrogen-bond acceptors (Lipinski definition) is 7. The highest BCUT2D eigenvalue weighted by Gasteiger charge is 2.49. The molecule has 5 heterocycles. The van der Waals surface area contributed by atoms with Crippen LogP contribution >= 0.6 is 0 Å². The molecule has 39 heavy (non-hydrogen) atoms. The number of aliphatic hydroxyl groups is 2. The SMILES string of the molecule is CC[C@@]1(O)C(=O)OCc2c1cc1n(c2=O)Cc2c-1nc1cc(F)c(C)c3c1c2C(C)(N1CC(O)CC1=O)CC3. The maximum absolute atomic E-state index is 15.1. The molecule has 3 atom stereocenters. The van der Waals surface area contributed by atoms with E-state index < -0.39 is 23.2 Å². The zero-order chi connectivity index (χ0) is 27.6. The van der Waals surface area contributed by atoms with E-state index in [9.17, 15) is 24.6 Å². The van der Waals surface area contributed by atoms with E-state index in [2.05, 4.69) is 0 Å². The number of nitrogens with zero attached hydrogens (tertiary/aromatic N) is 3. The number of hydrogen-bond donors (Lipinski definition) is 2. The largest absolute Gasteiger partial charge is 0.458 e. The molecule has 9 nitrogen and oxygen atoms in total.